The molecule has 0 fully saturated rings. The molecule has 0 heterocycles. The van der Waals surface area contributed by atoms with Gasteiger partial charge in [-0.3, -0.25) is 9.63 Å². The second-order valence-electron chi connectivity index (χ2n) is 9.45. The molecule has 35 heavy (non-hydrogen) atoms. The number of aliphatic carboxylic acids is 1. The van der Waals surface area contributed by atoms with Gasteiger partial charge in [0, 0.05) is 5.92 Å². The fraction of sp³-hybridized carbons (Fsp3) is 0.423. The molecule has 1 aliphatic rings. The summed E-state index contributed by atoms with van der Waals surface area (Å²) in [5.41, 5.74) is 5.83. The number of alkyl carbamates (subject to hydrolysis) is 1. The van der Waals surface area contributed by atoms with Crippen molar-refractivity contribution in [3.63, 3.8) is 0 Å². The summed E-state index contributed by atoms with van der Waals surface area (Å²) in [5, 5.41) is 11.5. The fourth-order valence-electron chi connectivity index (χ4n) is 4.05. The normalized spacial score (nSPS) is 15.3. The van der Waals surface area contributed by atoms with E-state index in [1.807, 2.05) is 69.3 Å². The van der Waals surface area contributed by atoms with Crippen molar-refractivity contribution >= 4 is 18.0 Å². The van der Waals surface area contributed by atoms with Crippen LogP contribution in [0.15, 0.2) is 48.5 Å². The molecule has 3 rings (SSSR count). The van der Waals surface area contributed by atoms with Crippen LogP contribution in [0.25, 0.3) is 11.1 Å². The topological polar surface area (TPSA) is 123 Å². The number of hydrogen-bond acceptors (Lipinski definition) is 6. The molecular weight excluding hydrogens is 452 g/mol. The van der Waals surface area contributed by atoms with Crippen molar-refractivity contribution in [2.24, 2.45) is 0 Å². The number of fused-ring (bicyclic) bond motifs is 3. The first-order valence-corrected chi connectivity index (χ1v) is 11.5. The van der Waals surface area contributed by atoms with Gasteiger partial charge in [0.05, 0.1) is 11.7 Å². The van der Waals surface area contributed by atoms with Gasteiger partial charge in [-0.15, -0.1) is 0 Å². The van der Waals surface area contributed by atoms with Gasteiger partial charge in [-0.05, 0) is 56.9 Å². The van der Waals surface area contributed by atoms with E-state index in [1.54, 1.807) is 6.92 Å². The second kappa shape index (κ2) is 10.9. The predicted molar refractivity (Wildman–Crippen MR) is 129 cm³/mol. The summed E-state index contributed by atoms with van der Waals surface area (Å²) >= 11 is 0. The molecule has 0 bridgehead atoms. The molecule has 2 aromatic carbocycles. The van der Waals surface area contributed by atoms with E-state index in [2.05, 4.69) is 10.8 Å². The third kappa shape index (κ3) is 6.58. The van der Waals surface area contributed by atoms with Gasteiger partial charge in [-0.2, -0.15) is 0 Å². The average molecular weight is 485 g/mol. The molecule has 2 amide bonds. The molecule has 9 nitrogen and oxygen atoms in total. The lowest BCUT2D eigenvalue weighted by Crippen LogP contribution is -2.55. The van der Waals surface area contributed by atoms with Gasteiger partial charge in [0.25, 0.3) is 5.91 Å². The van der Waals surface area contributed by atoms with E-state index in [9.17, 15) is 14.4 Å². The lowest BCUT2D eigenvalue weighted by Gasteiger charge is -2.30. The van der Waals surface area contributed by atoms with Crippen molar-refractivity contribution in [3.8, 4) is 11.1 Å². The van der Waals surface area contributed by atoms with Crippen LogP contribution in [0, 0.1) is 0 Å². The van der Waals surface area contributed by atoms with Gasteiger partial charge >= 0.3 is 12.1 Å². The zero-order valence-corrected chi connectivity index (χ0v) is 20.5. The van der Waals surface area contributed by atoms with Crippen LogP contribution >= 0.6 is 0 Å². The minimum absolute atomic E-state index is 0.0786. The molecule has 0 aromatic heterocycles. The Kier molecular flexibility index (Phi) is 8.14. The van der Waals surface area contributed by atoms with Crippen LogP contribution in [-0.4, -0.2) is 53.5 Å². The minimum atomic E-state index is -1.27. The first-order valence-electron chi connectivity index (χ1n) is 11.5. The van der Waals surface area contributed by atoms with Crippen LogP contribution in [0.2, 0.25) is 0 Å². The molecule has 1 unspecified atom stereocenters. The highest BCUT2D eigenvalue weighted by Gasteiger charge is 2.33. The Morgan fingerprint density at radius 3 is 2.03 bits per heavy atom. The van der Waals surface area contributed by atoms with E-state index < -0.39 is 41.8 Å². The molecule has 3 N–H and O–H groups in total. The number of carbonyl (C=O) groups excluding carboxylic acids is 2. The first-order chi connectivity index (χ1) is 16.5. The smallest absolute Gasteiger partial charge is 0.407 e. The van der Waals surface area contributed by atoms with Gasteiger partial charge in [0.1, 0.15) is 12.6 Å². The van der Waals surface area contributed by atoms with Crippen LogP contribution < -0.4 is 10.8 Å². The Hall–Kier alpha value is -3.43. The van der Waals surface area contributed by atoms with E-state index in [4.69, 9.17) is 19.4 Å². The molecule has 0 aliphatic heterocycles. The lowest BCUT2D eigenvalue weighted by atomic mass is 9.98. The molecule has 3 atom stereocenters. The van der Waals surface area contributed by atoms with Crippen LogP contribution in [0.3, 0.4) is 0 Å². The van der Waals surface area contributed by atoms with Crippen LogP contribution in [0.1, 0.15) is 51.7 Å². The largest absolute Gasteiger partial charge is 0.479 e. The number of carboxylic acids is 1. The molecule has 9 heteroatoms. The molecule has 0 saturated carbocycles. The molecule has 1 aliphatic carbocycles. The number of carbonyl (C=O) groups is 3. The zero-order chi connectivity index (χ0) is 25.8. The number of carboxylic acid groups (broad SMARTS) is 1. The highest BCUT2D eigenvalue weighted by Crippen LogP contribution is 2.44. The van der Waals surface area contributed by atoms with E-state index in [-0.39, 0.29) is 12.5 Å². The van der Waals surface area contributed by atoms with Crippen LogP contribution in [-0.2, 0) is 23.9 Å². The van der Waals surface area contributed by atoms with E-state index in [0.29, 0.717) is 0 Å². The third-order valence-corrected chi connectivity index (χ3v) is 5.59. The number of rotatable bonds is 9. The number of hydrogen-bond donors (Lipinski definition) is 3. The summed E-state index contributed by atoms with van der Waals surface area (Å²) in [4.78, 5) is 41.3. The summed E-state index contributed by atoms with van der Waals surface area (Å²) in [6.45, 7) is 8.42. The van der Waals surface area contributed by atoms with Gasteiger partial charge in [0.2, 0.25) is 0 Å². The number of ether oxygens (including phenoxy) is 2. The van der Waals surface area contributed by atoms with Crippen molar-refractivity contribution in [1.29, 1.82) is 0 Å². The molecular formula is C26H32N2O7. The van der Waals surface area contributed by atoms with Crippen molar-refractivity contribution in [3.05, 3.63) is 59.7 Å². The maximum absolute atomic E-state index is 12.8. The number of hydroxylamine groups is 1. The van der Waals surface area contributed by atoms with E-state index in [1.165, 1.54) is 6.92 Å². The molecule has 0 radical (unpaired) electrons. The van der Waals surface area contributed by atoms with Gasteiger partial charge < -0.3 is 19.9 Å². The van der Waals surface area contributed by atoms with Crippen LogP contribution in [0.5, 0.6) is 0 Å². The number of benzene rings is 2. The molecule has 188 valence electrons. The van der Waals surface area contributed by atoms with Crippen molar-refractivity contribution in [2.45, 2.75) is 64.4 Å². The summed E-state index contributed by atoms with van der Waals surface area (Å²) in [6, 6.07) is 14.7. The quantitative estimate of drug-likeness (QED) is 0.465. The van der Waals surface area contributed by atoms with Gasteiger partial charge in [0.15, 0.2) is 6.10 Å². The summed E-state index contributed by atoms with van der Waals surface area (Å²) in [7, 11) is 0. The van der Waals surface area contributed by atoms with Crippen molar-refractivity contribution in [1.82, 2.24) is 10.8 Å². The lowest BCUT2D eigenvalue weighted by molar-refractivity contribution is -0.161. The Morgan fingerprint density at radius 1 is 0.971 bits per heavy atom. The third-order valence-electron chi connectivity index (χ3n) is 5.59. The minimum Gasteiger partial charge on any atom is -0.479 e. The molecule has 2 aromatic rings. The Balaban J connectivity index is 1.69. The highest BCUT2D eigenvalue weighted by atomic mass is 16.7. The number of nitrogens with one attached hydrogen (secondary N) is 2. The fourth-order valence-corrected chi connectivity index (χ4v) is 4.05. The monoisotopic (exact) mass is 484 g/mol. The van der Waals surface area contributed by atoms with E-state index >= 15 is 0 Å². The second-order valence-corrected chi connectivity index (χ2v) is 9.45. The predicted octanol–water partition coefficient (Wildman–Crippen LogP) is 3.62. The van der Waals surface area contributed by atoms with Crippen molar-refractivity contribution in [2.75, 3.05) is 6.61 Å². The SMILES string of the molecule is CC(ONC(=O)[C@@H](NC(=O)OCC1c2ccccc2-c2ccccc21)[C@@H](C)OC(C)(C)C)C(=O)O. The average Bonchev–Trinajstić information content (AvgIpc) is 3.12. The maximum Gasteiger partial charge on any atom is 0.407 e. The standard InChI is InChI=1S/C26H32N2O7/c1-15(34-26(3,4)5)22(23(29)28-35-16(2)24(30)31)27-25(32)33-14-21-19-12-8-6-10-17(19)18-11-7-9-13-20(18)21/h6-13,15-16,21-22H,14H2,1-5H3,(H,27,32)(H,28,29)(H,30,31)/t15-,16?,22+/m1/s1. The Bertz CT molecular complexity index is 1030. The maximum atomic E-state index is 12.8. The van der Waals surface area contributed by atoms with Crippen LogP contribution in [0.4, 0.5) is 4.79 Å². The Labute approximate surface area is 204 Å². The summed E-state index contributed by atoms with van der Waals surface area (Å²) in [5.74, 6) is -2.14. The number of amides is 2. The molecule has 0 spiro atoms. The Morgan fingerprint density at radius 2 is 1.51 bits per heavy atom. The van der Waals surface area contributed by atoms with Gasteiger partial charge in [-0.25, -0.2) is 15.1 Å². The van der Waals surface area contributed by atoms with Crippen molar-refractivity contribution < 1.29 is 33.8 Å². The highest BCUT2D eigenvalue weighted by molar-refractivity contribution is 5.86. The first kappa shape index (κ1) is 26.2. The van der Waals surface area contributed by atoms with E-state index in [0.717, 1.165) is 22.3 Å². The summed E-state index contributed by atoms with van der Waals surface area (Å²) < 4.78 is 11.4. The van der Waals surface area contributed by atoms with Gasteiger partial charge in [-0.1, -0.05) is 48.5 Å². The summed E-state index contributed by atoms with van der Waals surface area (Å²) in [6.07, 6.45) is -2.84. The zero-order valence-electron chi connectivity index (χ0n) is 20.5. The molecule has 0 saturated heterocycles.